The lowest BCUT2D eigenvalue weighted by molar-refractivity contribution is -0.136. The number of carbonyl (C=O) groups excluding carboxylic acids is 1. The predicted molar refractivity (Wildman–Crippen MR) is 91.2 cm³/mol. The Labute approximate surface area is 132 Å². The van der Waals surface area contributed by atoms with Crippen LogP contribution in [0.1, 0.15) is 72.6 Å². The molecule has 0 N–H and O–H groups in total. The van der Waals surface area contributed by atoms with Crippen LogP contribution >= 0.6 is 0 Å². The van der Waals surface area contributed by atoms with Crippen molar-refractivity contribution in [2.24, 2.45) is 17.8 Å². The van der Waals surface area contributed by atoms with Gasteiger partial charge in [-0.05, 0) is 38.5 Å². The van der Waals surface area contributed by atoms with E-state index < -0.39 is 0 Å². The third kappa shape index (κ3) is 6.23. The molecule has 122 valence electrons. The summed E-state index contributed by atoms with van der Waals surface area (Å²) in [6, 6.07) is 0. The maximum Gasteiger partial charge on any atom is 0.226 e. The van der Waals surface area contributed by atoms with Crippen molar-refractivity contribution in [2.75, 3.05) is 13.1 Å². The van der Waals surface area contributed by atoms with E-state index in [1.54, 1.807) is 0 Å². The molecule has 1 atom stereocenters. The van der Waals surface area contributed by atoms with Gasteiger partial charge < -0.3 is 4.90 Å². The lowest BCUT2D eigenvalue weighted by atomic mass is 9.86. The number of amides is 1. The van der Waals surface area contributed by atoms with Crippen LogP contribution in [0.25, 0.3) is 0 Å². The fraction of sp³-hybridized carbons (Fsp3) is 0.842. The van der Waals surface area contributed by atoms with Crippen molar-refractivity contribution < 1.29 is 4.79 Å². The highest BCUT2D eigenvalue weighted by Crippen LogP contribution is 2.27. The molecule has 0 saturated heterocycles. The van der Waals surface area contributed by atoms with Gasteiger partial charge in [0.15, 0.2) is 0 Å². The smallest absolute Gasteiger partial charge is 0.226 e. The second-order valence-corrected chi connectivity index (χ2v) is 6.81. The van der Waals surface area contributed by atoms with E-state index in [-0.39, 0.29) is 5.92 Å². The van der Waals surface area contributed by atoms with Gasteiger partial charge in [-0.2, -0.15) is 0 Å². The number of hydrogen-bond acceptors (Lipinski definition) is 1. The molecule has 0 aromatic carbocycles. The zero-order chi connectivity index (χ0) is 15.7. The third-order valence-corrected chi connectivity index (χ3v) is 4.95. The normalized spacial score (nSPS) is 18.3. The first-order valence-electron chi connectivity index (χ1n) is 9.03. The summed E-state index contributed by atoms with van der Waals surface area (Å²) in [6.45, 7) is 10.1. The second-order valence-electron chi connectivity index (χ2n) is 6.81. The van der Waals surface area contributed by atoms with Crippen LogP contribution in [0.4, 0.5) is 0 Å². The summed E-state index contributed by atoms with van der Waals surface area (Å²) in [5, 5.41) is 0. The van der Waals surface area contributed by atoms with Gasteiger partial charge in [-0.1, -0.05) is 58.1 Å². The first kappa shape index (κ1) is 18.3. The predicted octanol–water partition coefficient (Wildman–Crippen LogP) is 5.04. The number of rotatable bonds is 8. The average molecular weight is 293 g/mol. The van der Waals surface area contributed by atoms with Crippen molar-refractivity contribution in [1.29, 1.82) is 0 Å². The largest absolute Gasteiger partial charge is 0.343 e. The first-order chi connectivity index (χ1) is 10.1. The van der Waals surface area contributed by atoms with Crippen LogP contribution in [0.5, 0.6) is 0 Å². The highest BCUT2D eigenvalue weighted by atomic mass is 16.2. The molecule has 21 heavy (non-hydrogen) atoms. The minimum atomic E-state index is 0.146. The molecule has 2 heteroatoms. The Hall–Kier alpha value is -0.790. The van der Waals surface area contributed by atoms with E-state index in [9.17, 15) is 4.79 Å². The lowest BCUT2D eigenvalue weighted by Gasteiger charge is -2.27. The van der Waals surface area contributed by atoms with Gasteiger partial charge in [-0.15, -0.1) is 0 Å². The SMILES string of the molecule is CCN(CC)C(=O)C(C/C=C/CC1CCCCC1)C(C)C. The van der Waals surface area contributed by atoms with Gasteiger partial charge in [0.25, 0.3) is 0 Å². The van der Waals surface area contributed by atoms with Crippen molar-refractivity contribution in [3.05, 3.63) is 12.2 Å². The van der Waals surface area contributed by atoms with E-state index in [0.717, 1.165) is 25.4 Å². The first-order valence-corrected chi connectivity index (χ1v) is 9.03. The van der Waals surface area contributed by atoms with E-state index in [2.05, 4.69) is 39.8 Å². The summed E-state index contributed by atoms with van der Waals surface area (Å²) in [7, 11) is 0. The molecule has 0 bridgehead atoms. The topological polar surface area (TPSA) is 20.3 Å². The van der Waals surface area contributed by atoms with Gasteiger partial charge in [0, 0.05) is 19.0 Å². The van der Waals surface area contributed by atoms with Gasteiger partial charge in [-0.3, -0.25) is 4.79 Å². The monoisotopic (exact) mass is 293 g/mol. The molecule has 0 spiro atoms. The molecule has 2 nitrogen and oxygen atoms in total. The molecule has 1 saturated carbocycles. The molecule has 0 aromatic rings. The van der Waals surface area contributed by atoms with Crippen LogP contribution in [-0.2, 0) is 4.79 Å². The molecule has 1 unspecified atom stereocenters. The third-order valence-electron chi connectivity index (χ3n) is 4.95. The summed E-state index contributed by atoms with van der Waals surface area (Å²) in [4.78, 5) is 14.5. The highest BCUT2D eigenvalue weighted by molar-refractivity contribution is 5.79. The molecule has 1 aliphatic carbocycles. The zero-order valence-electron chi connectivity index (χ0n) is 14.6. The van der Waals surface area contributed by atoms with Crippen LogP contribution in [-0.4, -0.2) is 23.9 Å². The summed E-state index contributed by atoms with van der Waals surface area (Å²) in [5.74, 6) is 1.79. The molecule has 0 radical (unpaired) electrons. The fourth-order valence-electron chi connectivity index (χ4n) is 3.38. The number of allylic oxidation sites excluding steroid dienone is 2. The van der Waals surface area contributed by atoms with Gasteiger partial charge in [-0.25, -0.2) is 0 Å². The minimum Gasteiger partial charge on any atom is -0.343 e. The van der Waals surface area contributed by atoms with Crippen LogP contribution in [0.2, 0.25) is 0 Å². The van der Waals surface area contributed by atoms with Crippen molar-refractivity contribution in [3.63, 3.8) is 0 Å². The van der Waals surface area contributed by atoms with Crippen LogP contribution in [0, 0.1) is 17.8 Å². The highest BCUT2D eigenvalue weighted by Gasteiger charge is 2.24. The fourth-order valence-corrected chi connectivity index (χ4v) is 3.38. The Morgan fingerprint density at radius 3 is 2.24 bits per heavy atom. The van der Waals surface area contributed by atoms with Crippen molar-refractivity contribution in [2.45, 2.75) is 72.6 Å². The standard InChI is InChI=1S/C19H35NO/c1-5-20(6-2)19(21)18(16(3)4)15-11-10-14-17-12-8-7-9-13-17/h10-11,16-18H,5-9,12-15H2,1-4H3/b11-10+. The molecule has 0 aliphatic heterocycles. The molecule has 1 rings (SSSR count). The van der Waals surface area contributed by atoms with Crippen molar-refractivity contribution >= 4 is 5.91 Å². The van der Waals surface area contributed by atoms with E-state index >= 15 is 0 Å². The van der Waals surface area contributed by atoms with Crippen LogP contribution < -0.4 is 0 Å². The maximum atomic E-state index is 12.5. The maximum absolute atomic E-state index is 12.5. The van der Waals surface area contributed by atoms with Crippen molar-refractivity contribution in [1.82, 2.24) is 4.90 Å². The van der Waals surface area contributed by atoms with Crippen LogP contribution in [0.3, 0.4) is 0 Å². The second kappa shape index (κ2) is 10.0. The van der Waals surface area contributed by atoms with E-state index in [1.807, 2.05) is 4.90 Å². The Balaban J connectivity index is 2.44. The number of nitrogens with zero attached hydrogens (tertiary/aromatic N) is 1. The number of hydrogen-bond donors (Lipinski definition) is 0. The molecule has 0 heterocycles. The van der Waals surface area contributed by atoms with Crippen LogP contribution in [0.15, 0.2) is 12.2 Å². The summed E-state index contributed by atoms with van der Waals surface area (Å²) in [6.07, 6.45) is 13.8. The van der Waals surface area contributed by atoms with Gasteiger partial charge in [0.1, 0.15) is 0 Å². The Kier molecular flexibility index (Phi) is 8.72. The Bertz CT molecular complexity index is 312. The van der Waals surface area contributed by atoms with Gasteiger partial charge in [0.2, 0.25) is 5.91 Å². The zero-order valence-corrected chi connectivity index (χ0v) is 14.6. The summed E-state index contributed by atoms with van der Waals surface area (Å²) in [5.41, 5.74) is 0. The Morgan fingerprint density at radius 2 is 1.71 bits per heavy atom. The van der Waals surface area contributed by atoms with Gasteiger partial charge >= 0.3 is 0 Å². The van der Waals surface area contributed by atoms with Crippen molar-refractivity contribution in [3.8, 4) is 0 Å². The molecule has 1 fully saturated rings. The number of carbonyl (C=O) groups is 1. The molecule has 0 aromatic heterocycles. The molecular formula is C19H35NO. The molecule has 1 amide bonds. The Morgan fingerprint density at radius 1 is 1.10 bits per heavy atom. The van der Waals surface area contributed by atoms with E-state index in [4.69, 9.17) is 0 Å². The van der Waals surface area contributed by atoms with E-state index in [0.29, 0.717) is 11.8 Å². The minimum absolute atomic E-state index is 0.146. The van der Waals surface area contributed by atoms with Gasteiger partial charge in [0.05, 0.1) is 0 Å². The average Bonchev–Trinajstić information content (AvgIpc) is 2.49. The van der Waals surface area contributed by atoms with E-state index in [1.165, 1.54) is 38.5 Å². The molecule has 1 aliphatic rings. The summed E-state index contributed by atoms with van der Waals surface area (Å²) >= 11 is 0. The summed E-state index contributed by atoms with van der Waals surface area (Å²) < 4.78 is 0. The lowest BCUT2D eigenvalue weighted by Crippen LogP contribution is -2.37. The quantitative estimate of drug-likeness (QED) is 0.574. The molecular weight excluding hydrogens is 258 g/mol.